The molecule has 0 saturated carbocycles. The van der Waals surface area contributed by atoms with Crippen molar-refractivity contribution < 1.29 is 47.5 Å². The van der Waals surface area contributed by atoms with E-state index in [-0.39, 0.29) is 19.4 Å². The minimum Gasteiger partial charge on any atom is -0.480 e. The molecule has 0 saturated heterocycles. The van der Waals surface area contributed by atoms with Gasteiger partial charge in [0, 0.05) is 12.8 Å². The normalized spacial score (nSPS) is 14.0. The largest absolute Gasteiger partial charge is 0.480 e. The van der Waals surface area contributed by atoms with Crippen molar-refractivity contribution in [3.63, 3.8) is 0 Å². The molecule has 0 aliphatic heterocycles. The molecule has 4 N–H and O–H groups in total. The topological polar surface area (TPSA) is 172 Å². The Labute approximate surface area is 346 Å². The Bertz CT molecular complexity index is 1110. The molecule has 1 unspecified atom stereocenters. The van der Waals surface area contributed by atoms with Crippen LogP contribution < -0.4 is 5.73 Å². The summed E-state index contributed by atoms with van der Waals surface area (Å²) in [7, 11) is -4.72. The lowest BCUT2D eigenvalue weighted by molar-refractivity contribution is -0.161. The monoisotopic (exact) mass is 828 g/mol. The van der Waals surface area contributed by atoms with Gasteiger partial charge in [-0.15, -0.1) is 0 Å². The van der Waals surface area contributed by atoms with Crippen LogP contribution in [0.2, 0.25) is 0 Å². The van der Waals surface area contributed by atoms with Crippen LogP contribution in [0.4, 0.5) is 0 Å². The van der Waals surface area contributed by atoms with Crippen LogP contribution in [0, 0.1) is 0 Å². The maximum Gasteiger partial charge on any atom is 0.472 e. The lowest BCUT2D eigenvalue weighted by Gasteiger charge is -2.20. The van der Waals surface area contributed by atoms with Crippen molar-refractivity contribution in [2.75, 3.05) is 19.8 Å². The van der Waals surface area contributed by atoms with Gasteiger partial charge in [-0.05, 0) is 44.9 Å². The van der Waals surface area contributed by atoms with E-state index >= 15 is 0 Å². The van der Waals surface area contributed by atoms with Gasteiger partial charge in [-0.3, -0.25) is 23.4 Å². The summed E-state index contributed by atoms with van der Waals surface area (Å²) < 4.78 is 32.7. The Morgan fingerprint density at radius 3 is 1.47 bits per heavy atom. The third kappa shape index (κ3) is 40.3. The standard InChI is InChI=1S/C45H82NO10P/c1-3-5-7-9-11-13-15-17-19-20-21-23-25-27-29-31-33-35-37-44(48)56-41(39-54-57(51,52)55-40-42(46)45(49)50)38-53-43(47)36-34-32-30-28-26-24-22-18-16-14-12-10-8-6-4-2/h6,8,12,14,18,22,41-42H,3-5,7,9-11,13,15-17,19-21,23-40,46H2,1-2H3,(H,49,50)(H,51,52)/b8-6-,14-12-,22-18-/t41-,42+/m1/s1. The zero-order valence-electron chi connectivity index (χ0n) is 35.9. The molecule has 3 atom stereocenters. The van der Waals surface area contributed by atoms with Crippen molar-refractivity contribution >= 4 is 25.7 Å². The number of ether oxygens (including phenoxy) is 2. The summed E-state index contributed by atoms with van der Waals surface area (Å²) in [6, 6.07) is -1.52. The molecule has 0 spiro atoms. The molecule has 0 amide bonds. The number of unbranched alkanes of at least 4 members (excludes halogenated alkanes) is 22. The van der Waals surface area contributed by atoms with E-state index in [1.54, 1.807) is 0 Å². The smallest absolute Gasteiger partial charge is 0.472 e. The summed E-state index contributed by atoms with van der Waals surface area (Å²) in [5, 5.41) is 8.89. The first kappa shape index (κ1) is 54.7. The van der Waals surface area contributed by atoms with E-state index < -0.39 is 51.1 Å². The highest BCUT2D eigenvalue weighted by molar-refractivity contribution is 7.47. The van der Waals surface area contributed by atoms with Gasteiger partial charge in [0.2, 0.25) is 0 Å². The second kappa shape index (κ2) is 40.5. The Hall–Kier alpha value is -2.30. The maximum atomic E-state index is 12.6. The first-order valence-corrected chi connectivity index (χ1v) is 24.0. The minimum atomic E-state index is -4.72. The molecule has 0 aromatic heterocycles. The Morgan fingerprint density at radius 1 is 0.561 bits per heavy atom. The highest BCUT2D eigenvalue weighted by Gasteiger charge is 2.28. The Morgan fingerprint density at radius 2 is 0.982 bits per heavy atom. The summed E-state index contributed by atoms with van der Waals surface area (Å²) in [6.45, 7) is 2.69. The van der Waals surface area contributed by atoms with Gasteiger partial charge in [-0.2, -0.15) is 0 Å². The Balaban J connectivity index is 4.33. The Kier molecular flexibility index (Phi) is 38.8. The molecule has 11 nitrogen and oxygen atoms in total. The zero-order chi connectivity index (χ0) is 42.1. The third-order valence-electron chi connectivity index (χ3n) is 9.65. The van der Waals surface area contributed by atoms with Crippen LogP contribution in [-0.4, -0.2) is 59.9 Å². The molecule has 0 aromatic rings. The van der Waals surface area contributed by atoms with Crippen LogP contribution in [0.25, 0.3) is 0 Å². The molecule has 57 heavy (non-hydrogen) atoms. The van der Waals surface area contributed by atoms with Crippen LogP contribution in [0.3, 0.4) is 0 Å². The molecular formula is C45H82NO10P. The van der Waals surface area contributed by atoms with E-state index in [2.05, 4.69) is 54.8 Å². The van der Waals surface area contributed by atoms with E-state index in [1.165, 1.54) is 89.9 Å². The lowest BCUT2D eigenvalue weighted by atomic mass is 10.0. The quantitative estimate of drug-likeness (QED) is 0.0231. The SMILES string of the molecule is CC/C=C\C/C=C\C/C=C\CCCCCCCC(=O)OC[C@H](COP(=O)(O)OC[C@H](N)C(=O)O)OC(=O)CCCCCCCCCCCCCCCCCCCC. The van der Waals surface area contributed by atoms with Crippen LogP contribution in [-0.2, 0) is 37.5 Å². The number of hydrogen-bond donors (Lipinski definition) is 3. The number of allylic oxidation sites excluding steroid dienone is 6. The fourth-order valence-electron chi connectivity index (χ4n) is 6.14. The number of phosphoric ester groups is 1. The average Bonchev–Trinajstić information content (AvgIpc) is 3.19. The van der Waals surface area contributed by atoms with Crippen molar-refractivity contribution in [2.24, 2.45) is 5.73 Å². The molecule has 0 fully saturated rings. The summed E-state index contributed by atoms with van der Waals surface area (Å²) in [6.07, 6.45) is 43.5. The summed E-state index contributed by atoms with van der Waals surface area (Å²) in [5.41, 5.74) is 5.34. The number of aliphatic carboxylic acids is 1. The zero-order valence-corrected chi connectivity index (χ0v) is 36.8. The minimum absolute atomic E-state index is 0.160. The van der Waals surface area contributed by atoms with Gasteiger partial charge in [0.05, 0.1) is 13.2 Å². The van der Waals surface area contributed by atoms with Gasteiger partial charge in [0.25, 0.3) is 0 Å². The highest BCUT2D eigenvalue weighted by atomic mass is 31.2. The number of esters is 2. The molecule has 0 bridgehead atoms. The molecule has 0 radical (unpaired) electrons. The second-order valence-corrected chi connectivity index (χ2v) is 16.6. The number of carbonyl (C=O) groups excluding carboxylic acids is 2. The highest BCUT2D eigenvalue weighted by Crippen LogP contribution is 2.43. The van der Waals surface area contributed by atoms with Crippen molar-refractivity contribution in [3.05, 3.63) is 36.5 Å². The van der Waals surface area contributed by atoms with E-state index in [1.807, 2.05) is 0 Å². The number of nitrogens with two attached hydrogens (primary N) is 1. The number of hydrogen-bond acceptors (Lipinski definition) is 9. The molecule has 332 valence electrons. The predicted octanol–water partition coefficient (Wildman–Crippen LogP) is 12.0. The van der Waals surface area contributed by atoms with E-state index in [4.69, 9.17) is 24.8 Å². The molecule has 0 rings (SSSR count). The van der Waals surface area contributed by atoms with Gasteiger partial charge in [-0.25, -0.2) is 4.57 Å². The maximum absolute atomic E-state index is 12.6. The molecular weight excluding hydrogens is 745 g/mol. The van der Waals surface area contributed by atoms with E-state index in [0.717, 1.165) is 70.6 Å². The first-order chi connectivity index (χ1) is 27.6. The van der Waals surface area contributed by atoms with Crippen LogP contribution in [0.15, 0.2) is 36.5 Å². The molecule has 0 heterocycles. The van der Waals surface area contributed by atoms with Crippen LogP contribution in [0.5, 0.6) is 0 Å². The van der Waals surface area contributed by atoms with Gasteiger partial charge >= 0.3 is 25.7 Å². The number of carboxylic acid groups (broad SMARTS) is 1. The summed E-state index contributed by atoms with van der Waals surface area (Å²) in [4.78, 5) is 46.0. The van der Waals surface area contributed by atoms with Gasteiger partial charge in [0.15, 0.2) is 6.10 Å². The van der Waals surface area contributed by atoms with Gasteiger partial charge in [-0.1, -0.05) is 179 Å². The fraction of sp³-hybridized carbons (Fsp3) is 0.800. The number of rotatable bonds is 42. The number of carboxylic acids is 1. The average molecular weight is 828 g/mol. The van der Waals surface area contributed by atoms with Gasteiger partial charge in [0.1, 0.15) is 12.6 Å². The van der Waals surface area contributed by atoms with Crippen molar-refractivity contribution in [3.8, 4) is 0 Å². The number of phosphoric acid groups is 1. The van der Waals surface area contributed by atoms with Gasteiger partial charge < -0.3 is 25.2 Å². The first-order valence-electron chi connectivity index (χ1n) is 22.5. The number of carbonyl (C=O) groups is 3. The lowest BCUT2D eigenvalue weighted by Crippen LogP contribution is -2.34. The van der Waals surface area contributed by atoms with Crippen LogP contribution >= 0.6 is 7.82 Å². The third-order valence-corrected chi connectivity index (χ3v) is 10.6. The fourth-order valence-corrected chi connectivity index (χ4v) is 6.92. The summed E-state index contributed by atoms with van der Waals surface area (Å²) >= 11 is 0. The second-order valence-electron chi connectivity index (χ2n) is 15.2. The predicted molar refractivity (Wildman–Crippen MR) is 231 cm³/mol. The summed E-state index contributed by atoms with van der Waals surface area (Å²) in [5.74, 6) is -2.39. The molecule has 0 aromatic carbocycles. The van der Waals surface area contributed by atoms with Crippen LogP contribution in [0.1, 0.15) is 200 Å². The van der Waals surface area contributed by atoms with Crippen molar-refractivity contribution in [1.82, 2.24) is 0 Å². The van der Waals surface area contributed by atoms with Crippen molar-refractivity contribution in [2.45, 2.75) is 212 Å². The molecule has 0 aliphatic carbocycles. The van der Waals surface area contributed by atoms with E-state index in [9.17, 15) is 23.8 Å². The van der Waals surface area contributed by atoms with Crippen molar-refractivity contribution in [1.29, 1.82) is 0 Å². The molecule has 12 heteroatoms. The van der Waals surface area contributed by atoms with E-state index in [0.29, 0.717) is 12.8 Å². The molecule has 0 aliphatic rings.